The summed E-state index contributed by atoms with van der Waals surface area (Å²) in [5, 5.41) is 4.03. The number of ketones is 1. The highest BCUT2D eigenvalue weighted by Gasteiger charge is 2.11. The molecule has 0 bridgehead atoms. The molecule has 0 aromatic carbocycles. The second-order valence-electron chi connectivity index (χ2n) is 3.90. The quantitative estimate of drug-likeness (QED) is 0.733. The lowest BCUT2D eigenvalue weighted by Gasteiger charge is -2.05. The first kappa shape index (κ1) is 11.3. The zero-order chi connectivity index (χ0) is 12.4. The topological polar surface area (TPSA) is 56.9 Å². The SMILES string of the molecule is Cc1ccc(=O)n(CC(=O)c2cccn2C)n1. The highest BCUT2D eigenvalue weighted by Crippen LogP contribution is 2.01. The first-order chi connectivity index (χ1) is 8.08. The number of carbonyl (C=O) groups excluding carboxylic acids is 1. The van der Waals surface area contributed by atoms with Crippen LogP contribution in [0.15, 0.2) is 35.3 Å². The summed E-state index contributed by atoms with van der Waals surface area (Å²) in [6.45, 7) is 1.75. The minimum atomic E-state index is -0.266. The summed E-state index contributed by atoms with van der Waals surface area (Å²) >= 11 is 0. The molecule has 0 saturated carbocycles. The van der Waals surface area contributed by atoms with Gasteiger partial charge in [0.05, 0.1) is 11.4 Å². The molecule has 17 heavy (non-hydrogen) atoms. The molecule has 0 aliphatic carbocycles. The first-order valence-corrected chi connectivity index (χ1v) is 5.27. The van der Waals surface area contributed by atoms with Crippen LogP contribution in [-0.4, -0.2) is 20.1 Å². The van der Waals surface area contributed by atoms with Crippen LogP contribution < -0.4 is 5.56 Å². The Balaban J connectivity index is 2.28. The van der Waals surface area contributed by atoms with Crippen molar-refractivity contribution in [2.45, 2.75) is 13.5 Å². The molecule has 0 aliphatic rings. The van der Waals surface area contributed by atoms with Crippen LogP contribution in [0, 0.1) is 6.92 Å². The van der Waals surface area contributed by atoms with Crippen molar-refractivity contribution in [3.05, 3.63) is 52.2 Å². The van der Waals surface area contributed by atoms with Crippen LogP contribution in [-0.2, 0) is 13.6 Å². The van der Waals surface area contributed by atoms with Gasteiger partial charge in [-0.1, -0.05) is 0 Å². The Morgan fingerprint density at radius 3 is 2.76 bits per heavy atom. The second kappa shape index (κ2) is 4.37. The van der Waals surface area contributed by atoms with E-state index in [-0.39, 0.29) is 17.9 Å². The Morgan fingerprint density at radius 2 is 2.12 bits per heavy atom. The summed E-state index contributed by atoms with van der Waals surface area (Å²) in [5.41, 5.74) is 1.02. The molecule has 2 aromatic heterocycles. The number of rotatable bonds is 3. The number of nitrogens with zero attached hydrogens (tertiary/aromatic N) is 3. The van der Waals surface area contributed by atoms with E-state index in [0.29, 0.717) is 11.4 Å². The van der Waals surface area contributed by atoms with Crippen molar-refractivity contribution in [2.75, 3.05) is 0 Å². The molecule has 0 saturated heterocycles. The molecule has 0 aliphatic heterocycles. The predicted molar refractivity (Wildman–Crippen MR) is 63.0 cm³/mol. The summed E-state index contributed by atoms with van der Waals surface area (Å²) in [4.78, 5) is 23.4. The van der Waals surface area contributed by atoms with Crippen LogP contribution in [0.5, 0.6) is 0 Å². The van der Waals surface area contributed by atoms with E-state index in [9.17, 15) is 9.59 Å². The fourth-order valence-electron chi connectivity index (χ4n) is 1.63. The molecule has 0 radical (unpaired) electrons. The van der Waals surface area contributed by atoms with E-state index in [4.69, 9.17) is 0 Å². The number of aromatic nitrogens is 3. The molecule has 0 spiro atoms. The fourth-order valence-corrected chi connectivity index (χ4v) is 1.63. The van der Waals surface area contributed by atoms with Gasteiger partial charge in [0.2, 0.25) is 5.78 Å². The van der Waals surface area contributed by atoms with Gasteiger partial charge >= 0.3 is 0 Å². The van der Waals surface area contributed by atoms with Crippen LogP contribution in [0.4, 0.5) is 0 Å². The summed E-state index contributed by atoms with van der Waals surface area (Å²) in [6, 6.07) is 6.56. The van der Waals surface area contributed by atoms with Crippen LogP contribution in [0.1, 0.15) is 16.2 Å². The number of hydrogen-bond donors (Lipinski definition) is 0. The van der Waals surface area contributed by atoms with E-state index >= 15 is 0 Å². The Bertz CT molecular complexity index is 610. The third-order valence-electron chi connectivity index (χ3n) is 2.52. The van der Waals surface area contributed by atoms with Gasteiger partial charge in [0.25, 0.3) is 5.56 Å². The van der Waals surface area contributed by atoms with Crippen LogP contribution in [0.2, 0.25) is 0 Å². The monoisotopic (exact) mass is 231 g/mol. The Hall–Kier alpha value is -2.17. The summed E-state index contributed by atoms with van der Waals surface area (Å²) < 4.78 is 2.91. The van der Waals surface area contributed by atoms with Gasteiger partial charge in [-0.2, -0.15) is 5.10 Å². The van der Waals surface area contributed by atoms with Crippen LogP contribution in [0.25, 0.3) is 0 Å². The lowest BCUT2D eigenvalue weighted by atomic mass is 10.3. The van der Waals surface area contributed by atoms with Crippen molar-refractivity contribution in [2.24, 2.45) is 7.05 Å². The van der Waals surface area contributed by atoms with Gasteiger partial charge in [-0.3, -0.25) is 9.59 Å². The van der Waals surface area contributed by atoms with E-state index in [1.165, 1.54) is 10.7 Å². The molecular weight excluding hydrogens is 218 g/mol. The average molecular weight is 231 g/mol. The first-order valence-electron chi connectivity index (χ1n) is 5.27. The molecule has 2 rings (SSSR count). The van der Waals surface area contributed by atoms with E-state index < -0.39 is 0 Å². The minimum absolute atomic E-state index is 0.0294. The molecule has 0 N–H and O–H groups in total. The lowest BCUT2D eigenvalue weighted by molar-refractivity contribution is 0.0957. The average Bonchev–Trinajstić information content (AvgIpc) is 2.70. The van der Waals surface area contributed by atoms with E-state index in [0.717, 1.165) is 0 Å². The summed E-state index contributed by atoms with van der Waals surface area (Å²) in [5.74, 6) is -0.127. The molecule has 0 atom stereocenters. The van der Waals surface area contributed by atoms with Gasteiger partial charge in [0.1, 0.15) is 6.54 Å². The van der Waals surface area contributed by atoms with Crippen LogP contribution in [0.3, 0.4) is 0 Å². The molecule has 2 aromatic rings. The zero-order valence-electron chi connectivity index (χ0n) is 9.75. The molecule has 2 heterocycles. The second-order valence-corrected chi connectivity index (χ2v) is 3.90. The van der Waals surface area contributed by atoms with Crippen LogP contribution >= 0.6 is 0 Å². The molecule has 5 nitrogen and oxygen atoms in total. The van der Waals surface area contributed by atoms with Gasteiger partial charge in [0, 0.05) is 19.3 Å². The standard InChI is InChI=1S/C12H13N3O2/c1-9-5-6-12(17)15(13-9)8-11(16)10-4-3-7-14(10)2/h3-7H,8H2,1-2H3. The number of aryl methyl sites for hydroxylation is 2. The zero-order valence-corrected chi connectivity index (χ0v) is 9.75. The van der Waals surface area contributed by atoms with Crippen molar-refractivity contribution in [1.82, 2.24) is 14.3 Å². The highest BCUT2D eigenvalue weighted by atomic mass is 16.1. The highest BCUT2D eigenvalue weighted by molar-refractivity contribution is 5.94. The molecule has 0 fully saturated rings. The molecule has 88 valence electrons. The van der Waals surface area contributed by atoms with Gasteiger partial charge in [-0.25, -0.2) is 4.68 Å². The fraction of sp³-hybridized carbons (Fsp3) is 0.250. The van der Waals surface area contributed by atoms with Crippen molar-refractivity contribution in [3.63, 3.8) is 0 Å². The van der Waals surface area contributed by atoms with Crippen molar-refractivity contribution >= 4 is 5.78 Å². The maximum atomic E-state index is 11.9. The number of hydrogen-bond acceptors (Lipinski definition) is 3. The molecule has 0 unspecified atom stereocenters. The van der Waals surface area contributed by atoms with Gasteiger partial charge in [0.15, 0.2) is 0 Å². The Kier molecular flexibility index (Phi) is 2.91. The smallest absolute Gasteiger partial charge is 0.267 e. The lowest BCUT2D eigenvalue weighted by Crippen LogP contribution is -2.27. The van der Waals surface area contributed by atoms with E-state index in [1.54, 1.807) is 42.9 Å². The number of carbonyl (C=O) groups is 1. The van der Waals surface area contributed by atoms with E-state index in [1.807, 2.05) is 0 Å². The third-order valence-corrected chi connectivity index (χ3v) is 2.52. The number of Topliss-reactive ketones (excluding diaryl/α,β-unsaturated/α-hetero) is 1. The largest absolute Gasteiger partial charge is 0.348 e. The van der Waals surface area contributed by atoms with Gasteiger partial charge in [-0.05, 0) is 25.1 Å². The van der Waals surface area contributed by atoms with Crippen molar-refractivity contribution < 1.29 is 4.79 Å². The van der Waals surface area contributed by atoms with Crippen molar-refractivity contribution in [1.29, 1.82) is 0 Å². The maximum Gasteiger partial charge on any atom is 0.267 e. The summed E-state index contributed by atoms with van der Waals surface area (Å²) in [6.07, 6.45) is 1.79. The third kappa shape index (κ3) is 2.33. The van der Waals surface area contributed by atoms with Gasteiger partial charge < -0.3 is 4.57 Å². The Morgan fingerprint density at radius 1 is 1.35 bits per heavy atom. The minimum Gasteiger partial charge on any atom is -0.348 e. The molecule has 5 heteroatoms. The molecule has 0 amide bonds. The normalized spacial score (nSPS) is 10.5. The summed E-state index contributed by atoms with van der Waals surface area (Å²) in [7, 11) is 1.79. The predicted octanol–water partition coefficient (Wildman–Crippen LogP) is 0.773. The van der Waals surface area contributed by atoms with Crippen molar-refractivity contribution in [3.8, 4) is 0 Å². The maximum absolute atomic E-state index is 11.9. The van der Waals surface area contributed by atoms with Gasteiger partial charge in [-0.15, -0.1) is 0 Å². The van der Waals surface area contributed by atoms with E-state index in [2.05, 4.69) is 5.10 Å². The Labute approximate surface area is 98.3 Å². The molecular formula is C12H13N3O2.